The van der Waals surface area contributed by atoms with Crippen molar-refractivity contribution in [3.63, 3.8) is 0 Å². The lowest BCUT2D eigenvalue weighted by atomic mass is 9.99. The molecular weight excluding hydrogens is 1060 g/mol. The molecule has 11 nitrogen and oxygen atoms in total. The SMILES string of the molecule is CC/C=C\C/C=C\C/C=C\C/C=C\C/C=C\C/C=C\CCCCCCCCCC(O)C(=O)NC(COC1OC(CO)C(O)C(O)C1OC(=O)CCCCC/C=C\C/C=C\C/C=C\C/C=C\CCCCC)C(O)/C=C/CCCCCCCCCCC. The third kappa shape index (κ3) is 47.5. The zero-order valence-corrected chi connectivity index (χ0v) is 53.7. The van der Waals surface area contributed by atoms with Crippen LogP contribution in [0, 0.1) is 0 Å². The van der Waals surface area contributed by atoms with Gasteiger partial charge in [-0.3, -0.25) is 9.59 Å². The van der Waals surface area contributed by atoms with Gasteiger partial charge in [0.15, 0.2) is 12.4 Å². The number of hydrogen-bond donors (Lipinski definition) is 6. The lowest BCUT2D eigenvalue weighted by molar-refractivity contribution is -0.305. The summed E-state index contributed by atoms with van der Waals surface area (Å²) in [5, 5.41) is 57.1. The highest BCUT2D eigenvalue weighted by Gasteiger charge is 2.47. The van der Waals surface area contributed by atoms with Crippen molar-refractivity contribution < 1.29 is 49.3 Å². The van der Waals surface area contributed by atoms with Gasteiger partial charge in [-0.15, -0.1) is 0 Å². The smallest absolute Gasteiger partial charge is 0.306 e. The van der Waals surface area contributed by atoms with Crippen LogP contribution in [0.1, 0.15) is 258 Å². The third-order valence-electron chi connectivity index (χ3n) is 15.0. The second-order valence-corrected chi connectivity index (χ2v) is 22.8. The first-order valence-corrected chi connectivity index (χ1v) is 34.0. The number of carbonyl (C=O) groups is 2. The zero-order valence-electron chi connectivity index (χ0n) is 53.7. The maximum absolute atomic E-state index is 13.5. The molecule has 1 rings (SSSR count). The molecule has 0 radical (unpaired) electrons. The van der Waals surface area contributed by atoms with Crippen molar-refractivity contribution in [1.82, 2.24) is 5.32 Å². The summed E-state index contributed by atoms with van der Waals surface area (Å²) < 4.78 is 17.6. The van der Waals surface area contributed by atoms with Crippen molar-refractivity contribution in [3.8, 4) is 0 Å². The molecule has 1 heterocycles. The Balaban J connectivity index is 2.62. The van der Waals surface area contributed by atoms with Crippen LogP contribution in [0.25, 0.3) is 0 Å². The van der Waals surface area contributed by atoms with Gasteiger partial charge in [0.05, 0.1) is 25.4 Å². The van der Waals surface area contributed by atoms with E-state index in [1.54, 1.807) is 6.08 Å². The van der Waals surface area contributed by atoms with E-state index in [4.69, 9.17) is 14.2 Å². The fourth-order valence-corrected chi connectivity index (χ4v) is 9.70. The van der Waals surface area contributed by atoms with Crippen LogP contribution < -0.4 is 5.32 Å². The van der Waals surface area contributed by atoms with E-state index in [1.165, 1.54) is 70.6 Å². The first kappa shape index (κ1) is 78.8. The number of allylic oxidation sites excluding steroid dienone is 21. The predicted octanol–water partition coefficient (Wildman–Crippen LogP) is 17.2. The summed E-state index contributed by atoms with van der Waals surface area (Å²) in [6.45, 7) is 5.61. The minimum atomic E-state index is -1.64. The summed E-state index contributed by atoms with van der Waals surface area (Å²) in [6, 6.07) is -1.05. The molecule has 8 atom stereocenters. The topological polar surface area (TPSA) is 175 Å². The Morgan fingerprint density at radius 3 is 1.29 bits per heavy atom. The minimum Gasteiger partial charge on any atom is -0.454 e. The lowest BCUT2D eigenvalue weighted by Gasteiger charge is -2.41. The number of esters is 1. The van der Waals surface area contributed by atoms with Gasteiger partial charge in [-0.25, -0.2) is 0 Å². The number of hydrogen-bond acceptors (Lipinski definition) is 10. The van der Waals surface area contributed by atoms with Crippen LogP contribution in [0.2, 0.25) is 0 Å². The van der Waals surface area contributed by atoms with Crippen LogP contribution in [0.4, 0.5) is 0 Å². The quantitative estimate of drug-likeness (QED) is 0.0195. The number of nitrogens with one attached hydrogen (secondary N) is 1. The van der Waals surface area contributed by atoms with Gasteiger partial charge >= 0.3 is 5.97 Å². The molecule has 0 saturated carbocycles. The summed E-state index contributed by atoms with van der Waals surface area (Å²) in [4.78, 5) is 26.6. The van der Waals surface area contributed by atoms with Gasteiger partial charge in [0.25, 0.3) is 0 Å². The molecule has 484 valence electrons. The van der Waals surface area contributed by atoms with E-state index in [9.17, 15) is 35.1 Å². The van der Waals surface area contributed by atoms with E-state index in [0.29, 0.717) is 12.8 Å². The molecule has 1 aliphatic rings. The number of aliphatic hydroxyl groups excluding tert-OH is 5. The second kappa shape index (κ2) is 60.1. The first-order chi connectivity index (χ1) is 41.7. The molecule has 0 aromatic heterocycles. The fourth-order valence-electron chi connectivity index (χ4n) is 9.70. The van der Waals surface area contributed by atoms with E-state index >= 15 is 0 Å². The number of unbranched alkanes of at least 4 members (excludes halogenated alkanes) is 22. The largest absolute Gasteiger partial charge is 0.454 e. The van der Waals surface area contributed by atoms with Crippen molar-refractivity contribution in [2.45, 2.75) is 307 Å². The Bertz CT molecular complexity index is 1890. The van der Waals surface area contributed by atoms with E-state index in [2.05, 4.69) is 148 Å². The van der Waals surface area contributed by atoms with Gasteiger partial charge in [0, 0.05) is 6.42 Å². The van der Waals surface area contributed by atoms with Crippen LogP contribution in [-0.2, 0) is 23.8 Å². The second-order valence-electron chi connectivity index (χ2n) is 22.8. The van der Waals surface area contributed by atoms with E-state index in [0.717, 1.165) is 141 Å². The number of ether oxygens (including phenoxy) is 3. The number of carbonyl (C=O) groups excluding carboxylic acids is 2. The average molecular weight is 1190 g/mol. The maximum atomic E-state index is 13.5. The highest BCUT2D eigenvalue weighted by Crippen LogP contribution is 2.26. The van der Waals surface area contributed by atoms with Crippen molar-refractivity contribution in [3.05, 3.63) is 134 Å². The van der Waals surface area contributed by atoms with Crippen LogP contribution in [0.3, 0.4) is 0 Å². The van der Waals surface area contributed by atoms with Gasteiger partial charge in [-0.1, -0.05) is 264 Å². The molecule has 1 aliphatic heterocycles. The van der Waals surface area contributed by atoms with Crippen LogP contribution in [0.15, 0.2) is 134 Å². The average Bonchev–Trinajstić information content (AvgIpc) is 3.59. The number of rotatable bonds is 56. The summed E-state index contributed by atoms with van der Waals surface area (Å²) in [5.41, 5.74) is 0. The van der Waals surface area contributed by atoms with Gasteiger partial charge in [-0.2, -0.15) is 0 Å². The van der Waals surface area contributed by atoms with Crippen molar-refractivity contribution in [2.75, 3.05) is 13.2 Å². The number of aliphatic hydroxyl groups is 5. The first-order valence-electron chi connectivity index (χ1n) is 34.0. The standard InChI is InChI=1S/C74H123NO10/c1-4-7-10-13-16-19-22-24-26-28-30-31-32-33-34-35-36-38-39-41-43-46-49-52-55-58-61-67(78)73(82)75-65(66(77)60-57-54-51-48-45-21-18-15-12-9-6-3)64-83-74-72(71(81)70(80)68(63-76)84-74)85-69(79)62-59-56-53-50-47-44-42-40-37-29-27-25-23-20-17-14-11-8-5-2/h7,10,16-17,19-20,24-27,30-31,33-34,36-38,40,44,47,57,60,65-68,70-72,74,76-78,80-81H,4-6,8-9,11-15,18,21-23,28-29,32,35,39,41-43,45-46,48-56,58-59,61-64H2,1-3H3,(H,75,82)/b10-7-,19-16-,20-17-,26-24-,27-25-,31-30-,34-33-,38-36-,40-37-,47-44-,60-57+. The van der Waals surface area contributed by atoms with Crippen molar-refractivity contribution >= 4 is 11.9 Å². The molecule has 85 heavy (non-hydrogen) atoms. The Morgan fingerprint density at radius 2 is 0.847 bits per heavy atom. The Hall–Kier alpha value is -4.20. The van der Waals surface area contributed by atoms with Gasteiger partial charge in [-0.05, 0) is 122 Å². The van der Waals surface area contributed by atoms with E-state index < -0.39 is 67.4 Å². The lowest BCUT2D eigenvalue weighted by Crippen LogP contribution is -2.61. The summed E-state index contributed by atoms with van der Waals surface area (Å²) in [5.74, 6) is -1.24. The Kier molecular flexibility index (Phi) is 55.7. The molecule has 0 spiro atoms. The third-order valence-corrected chi connectivity index (χ3v) is 15.0. The molecule has 0 aliphatic carbocycles. The molecule has 8 unspecified atom stereocenters. The summed E-state index contributed by atoms with van der Waals surface area (Å²) in [7, 11) is 0. The fraction of sp³-hybridized carbons (Fsp3) is 0.676. The Labute approximate surface area is 518 Å². The Morgan fingerprint density at radius 1 is 0.471 bits per heavy atom. The molecule has 11 heteroatoms. The maximum Gasteiger partial charge on any atom is 0.306 e. The van der Waals surface area contributed by atoms with E-state index in [1.807, 2.05) is 6.08 Å². The number of amides is 1. The zero-order chi connectivity index (χ0) is 61.7. The van der Waals surface area contributed by atoms with Crippen LogP contribution in [0.5, 0.6) is 0 Å². The van der Waals surface area contributed by atoms with Gasteiger partial charge in [0.2, 0.25) is 5.91 Å². The van der Waals surface area contributed by atoms with Crippen LogP contribution in [-0.4, -0.2) is 99.6 Å². The normalized spacial score (nSPS) is 19.3. The molecule has 0 aromatic rings. The predicted molar refractivity (Wildman–Crippen MR) is 356 cm³/mol. The summed E-state index contributed by atoms with van der Waals surface area (Å²) in [6.07, 6.45) is 74.8. The van der Waals surface area contributed by atoms with E-state index in [-0.39, 0.29) is 19.4 Å². The van der Waals surface area contributed by atoms with Crippen LogP contribution >= 0.6 is 0 Å². The molecule has 0 aromatic carbocycles. The molecule has 1 saturated heterocycles. The molecule has 1 fully saturated rings. The highest BCUT2D eigenvalue weighted by molar-refractivity contribution is 5.80. The molecular formula is C74H123NO10. The highest BCUT2D eigenvalue weighted by atomic mass is 16.7. The summed E-state index contributed by atoms with van der Waals surface area (Å²) >= 11 is 0. The van der Waals surface area contributed by atoms with Crippen molar-refractivity contribution in [1.29, 1.82) is 0 Å². The van der Waals surface area contributed by atoms with Gasteiger partial charge < -0.3 is 45.1 Å². The van der Waals surface area contributed by atoms with Crippen molar-refractivity contribution in [2.24, 2.45) is 0 Å². The molecule has 6 N–H and O–H groups in total. The molecule has 1 amide bonds. The van der Waals surface area contributed by atoms with Gasteiger partial charge in [0.1, 0.15) is 24.4 Å². The molecule has 0 bridgehead atoms. The minimum absolute atomic E-state index is 0.0782. The monoisotopic (exact) mass is 1190 g/mol.